The first-order valence-electron chi connectivity index (χ1n) is 13.4. The van der Waals surface area contributed by atoms with Gasteiger partial charge in [-0.3, -0.25) is 4.79 Å². The number of esters is 1. The lowest BCUT2D eigenvalue weighted by Gasteiger charge is -2.41. The third-order valence-corrected chi connectivity index (χ3v) is 8.15. The number of benzene rings is 2. The van der Waals surface area contributed by atoms with E-state index >= 15 is 0 Å². The Bertz CT molecular complexity index is 992. The first-order valence-corrected chi connectivity index (χ1v) is 13.4. The van der Waals surface area contributed by atoms with Gasteiger partial charge in [0.15, 0.2) is 0 Å². The smallest absolute Gasteiger partial charge is 0.316 e. The van der Waals surface area contributed by atoms with E-state index in [-0.39, 0.29) is 18.0 Å². The molecule has 35 heavy (non-hydrogen) atoms. The van der Waals surface area contributed by atoms with Gasteiger partial charge in [-0.2, -0.15) is 0 Å². The van der Waals surface area contributed by atoms with Crippen LogP contribution >= 0.6 is 0 Å². The largest absolute Gasteiger partial charge is 0.496 e. The topological polar surface area (TPSA) is 52.1 Å². The van der Waals surface area contributed by atoms with Crippen molar-refractivity contribution in [1.29, 1.82) is 0 Å². The van der Waals surface area contributed by atoms with E-state index in [1.54, 1.807) is 7.11 Å². The molecule has 2 aliphatic rings. The van der Waals surface area contributed by atoms with Crippen molar-refractivity contribution in [3.05, 3.63) is 77.4 Å². The summed E-state index contributed by atoms with van der Waals surface area (Å²) in [7, 11) is 1.71. The van der Waals surface area contributed by atoms with Crippen molar-refractivity contribution in [1.82, 2.24) is 0 Å². The highest BCUT2D eigenvalue weighted by molar-refractivity contribution is 5.83. The van der Waals surface area contributed by atoms with Gasteiger partial charge in [0, 0.05) is 25.2 Å². The predicted molar refractivity (Wildman–Crippen MR) is 141 cm³/mol. The molecule has 2 fully saturated rings. The highest BCUT2D eigenvalue weighted by atomic mass is 16.5. The Morgan fingerprint density at radius 2 is 1.80 bits per heavy atom. The zero-order valence-electron chi connectivity index (χ0n) is 21.6. The molecule has 0 saturated heterocycles. The van der Waals surface area contributed by atoms with E-state index in [1.165, 1.54) is 29.5 Å². The zero-order valence-corrected chi connectivity index (χ0v) is 21.6. The Kier molecular flexibility index (Phi) is 8.67. The summed E-state index contributed by atoms with van der Waals surface area (Å²) in [6, 6.07) is 16.8. The Morgan fingerprint density at radius 3 is 2.46 bits per heavy atom. The molecule has 0 aromatic heterocycles. The third-order valence-electron chi connectivity index (χ3n) is 8.15. The molecule has 0 bridgehead atoms. The van der Waals surface area contributed by atoms with E-state index < -0.39 is 5.41 Å². The monoisotopic (exact) mass is 476 g/mol. The number of ether oxygens (including phenoxy) is 2. The number of hydrogen-bond donors (Lipinski definition) is 1. The molecule has 0 radical (unpaired) electrons. The number of quaternary nitrogens is 1. The fourth-order valence-corrected chi connectivity index (χ4v) is 5.93. The number of nitrogens with two attached hydrogens (primary N) is 1. The van der Waals surface area contributed by atoms with Gasteiger partial charge in [0.1, 0.15) is 11.9 Å². The van der Waals surface area contributed by atoms with Gasteiger partial charge in [0.2, 0.25) is 0 Å². The van der Waals surface area contributed by atoms with Crippen molar-refractivity contribution >= 4 is 5.97 Å². The van der Waals surface area contributed by atoms with Crippen LogP contribution in [0.15, 0.2) is 60.7 Å². The lowest BCUT2D eigenvalue weighted by atomic mass is 9.72. The minimum atomic E-state index is -0.484. The molecule has 2 atom stereocenters. The summed E-state index contributed by atoms with van der Waals surface area (Å²) in [4.78, 5) is 13.7. The Morgan fingerprint density at radius 1 is 1.06 bits per heavy atom. The fourth-order valence-electron chi connectivity index (χ4n) is 5.93. The standard InChI is InChI=1S/C31H41NO3/c1-23-22-29(27(23)16-20-32-19-15-25-13-14-28(34-3)24(2)21-25)35-30(33)31(17-9-4-5-10-18-31)26-11-7-6-8-12-26/h6-8,11-14,21,27,29,32H,1,4-5,9-10,15-20,22H2,2-3H3/p+1. The van der Waals surface area contributed by atoms with Crippen LogP contribution in [0.2, 0.25) is 0 Å². The van der Waals surface area contributed by atoms with Crippen LogP contribution in [0.1, 0.15) is 68.1 Å². The van der Waals surface area contributed by atoms with Crippen molar-refractivity contribution in [3.8, 4) is 5.75 Å². The van der Waals surface area contributed by atoms with Crippen LogP contribution < -0.4 is 10.1 Å². The maximum Gasteiger partial charge on any atom is 0.316 e. The molecule has 2 saturated carbocycles. The van der Waals surface area contributed by atoms with E-state index in [0.717, 1.165) is 69.3 Å². The van der Waals surface area contributed by atoms with Gasteiger partial charge in [-0.05, 0) is 42.5 Å². The second kappa shape index (κ2) is 11.9. The maximum atomic E-state index is 13.7. The molecule has 2 aromatic rings. The summed E-state index contributed by atoms with van der Waals surface area (Å²) in [6.45, 7) is 8.42. The van der Waals surface area contributed by atoms with Crippen LogP contribution in [0.5, 0.6) is 5.75 Å². The number of aryl methyl sites for hydroxylation is 1. The van der Waals surface area contributed by atoms with Crippen LogP contribution in [0.3, 0.4) is 0 Å². The summed E-state index contributed by atoms with van der Waals surface area (Å²) in [6.07, 6.45) is 9.22. The molecule has 4 nitrogen and oxygen atoms in total. The average Bonchev–Trinajstić information content (AvgIpc) is 3.13. The van der Waals surface area contributed by atoms with E-state index in [2.05, 4.69) is 49.2 Å². The molecule has 2 N–H and O–H groups in total. The van der Waals surface area contributed by atoms with Crippen LogP contribution in [0, 0.1) is 12.8 Å². The van der Waals surface area contributed by atoms with Crippen LogP contribution in [-0.4, -0.2) is 32.3 Å². The van der Waals surface area contributed by atoms with E-state index in [9.17, 15) is 4.79 Å². The van der Waals surface area contributed by atoms with Gasteiger partial charge in [-0.15, -0.1) is 0 Å². The van der Waals surface area contributed by atoms with Crippen LogP contribution in [0.4, 0.5) is 0 Å². The van der Waals surface area contributed by atoms with Gasteiger partial charge in [-0.25, -0.2) is 0 Å². The summed E-state index contributed by atoms with van der Waals surface area (Å²) in [5.74, 6) is 1.23. The fraction of sp³-hybridized carbons (Fsp3) is 0.516. The van der Waals surface area contributed by atoms with Gasteiger partial charge in [-0.1, -0.05) is 80.3 Å². The molecule has 0 spiro atoms. The number of carbonyl (C=O) groups is 1. The second-order valence-electron chi connectivity index (χ2n) is 10.5. The molecule has 0 amide bonds. The SMILES string of the molecule is C=C1CC(OC(=O)C2(c3ccccc3)CCCCCC2)C1CC[NH2+]CCc1ccc(OC)c(C)c1. The van der Waals surface area contributed by atoms with Gasteiger partial charge in [0.05, 0.1) is 25.6 Å². The molecule has 0 aliphatic heterocycles. The quantitative estimate of drug-likeness (QED) is 0.220. The van der Waals surface area contributed by atoms with E-state index in [4.69, 9.17) is 9.47 Å². The highest BCUT2D eigenvalue weighted by Gasteiger charge is 2.45. The first-order chi connectivity index (χ1) is 17.0. The predicted octanol–water partition coefficient (Wildman–Crippen LogP) is 5.28. The summed E-state index contributed by atoms with van der Waals surface area (Å²) >= 11 is 0. The van der Waals surface area contributed by atoms with Crippen molar-refractivity contribution in [3.63, 3.8) is 0 Å². The number of hydrogen-bond acceptors (Lipinski definition) is 3. The molecule has 0 heterocycles. The Balaban J connectivity index is 1.29. The maximum absolute atomic E-state index is 13.7. The van der Waals surface area contributed by atoms with Gasteiger partial charge in [0.25, 0.3) is 0 Å². The molecule has 2 aromatic carbocycles. The second-order valence-corrected chi connectivity index (χ2v) is 10.5. The van der Waals surface area contributed by atoms with Crippen molar-refractivity contribution in [2.24, 2.45) is 5.92 Å². The molecule has 188 valence electrons. The van der Waals surface area contributed by atoms with Crippen LogP contribution in [-0.2, 0) is 21.4 Å². The van der Waals surface area contributed by atoms with Crippen LogP contribution in [0.25, 0.3) is 0 Å². The molecule has 2 aliphatic carbocycles. The Hall–Kier alpha value is -2.59. The molecule has 2 unspecified atom stereocenters. The molecular formula is C31H42NO3+. The average molecular weight is 477 g/mol. The normalized spacial score (nSPS) is 21.6. The van der Waals surface area contributed by atoms with Crippen molar-refractivity contribution in [2.75, 3.05) is 20.2 Å². The van der Waals surface area contributed by atoms with Gasteiger partial charge >= 0.3 is 5.97 Å². The molecule has 4 heteroatoms. The summed E-state index contributed by atoms with van der Waals surface area (Å²) in [5.41, 5.74) is 4.40. The van der Waals surface area contributed by atoms with Gasteiger partial charge < -0.3 is 14.8 Å². The molecule has 4 rings (SSSR count). The number of methoxy groups -OCH3 is 1. The Labute approximate surface area is 211 Å². The summed E-state index contributed by atoms with van der Waals surface area (Å²) < 4.78 is 11.6. The number of carbonyl (C=O) groups excluding carboxylic acids is 1. The summed E-state index contributed by atoms with van der Waals surface area (Å²) in [5, 5.41) is 2.38. The first kappa shape index (κ1) is 25.5. The molecular weight excluding hydrogens is 434 g/mol. The minimum absolute atomic E-state index is 0.00745. The lowest BCUT2D eigenvalue weighted by molar-refractivity contribution is -0.655. The van der Waals surface area contributed by atoms with E-state index in [1.807, 2.05) is 18.2 Å². The number of rotatable bonds is 10. The van der Waals surface area contributed by atoms with E-state index in [0.29, 0.717) is 0 Å². The van der Waals surface area contributed by atoms with Crippen molar-refractivity contribution < 1.29 is 19.6 Å². The van der Waals surface area contributed by atoms with Crippen molar-refractivity contribution in [2.45, 2.75) is 76.2 Å². The minimum Gasteiger partial charge on any atom is -0.496 e. The zero-order chi connectivity index (χ0) is 24.7. The highest BCUT2D eigenvalue weighted by Crippen LogP contribution is 2.43. The lowest BCUT2D eigenvalue weighted by Crippen LogP contribution is -2.85. The third kappa shape index (κ3) is 5.98.